The fourth-order valence-electron chi connectivity index (χ4n) is 3.20. The van der Waals surface area contributed by atoms with Gasteiger partial charge in [0.2, 0.25) is 6.08 Å². The third-order valence-electron chi connectivity index (χ3n) is 4.13. The molecule has 0 spiro atoms. The van der Waals surface area contributed by atoms with Gasteiger partial charge in [-0.1, -0.05) is 25.0 Å². The number of rotatable bonds is 2. The molecule has 1 saturated carbocycles. The minimum atomic E-state index is -0.341. The normalized spacial score (nSPS) is 24.2. The van der Waals surface area contributed by atoms with Crippen LogP contribution in [0.1, 0.15) is 43.7 Å². The summed E-state index contributed by atoms with van der Waals surface area (Å²) in [6, 6.07) is 6.30. The van der Waals surface area contributed by atoms with Crippen LogP contribution in [0.3, 0.4) is 0 Å². The van der Waals surface area contributed by atoms with Crippen LogP contribution in [0.15, 0.2) is 23.2 Å². The standard InChI is InChI=1S/C15H17NO2/c1-11-8-12-4-5-13(9-14(12)18-11)15(16-10-17)6-2-3-7-15/h4-5,9,11H,2-3,6-8H2,1H3. The van der Waals surface area contributed by atoms with E-state index < -0.39 is 0 Å². The van der Waals surface area contributed by atoms with Crippen molar-refractivity contribution in [1.82, 2.24) is 0 Å². The van der Waals surface area contributed by atoms with E-state index in [1.54, 1.807) is 6.08 Å². The van der Waals surface area contributed by atoms with Crippen LogP contribution in [0.25, 0.3) is 0 Å². The Labute approximate surface area is 107 Å². The van der Waals surface area contributed by atoms with E-state index in [4.69, 9.17) is 4.74 Å². The third kappa shape index (κ3) is 1.75. The predicted octanol–water partition coefficient (Wildman–Crippen LogP) is 3.12. The maximum Gasteiger partial charge on any atom is 0.235 e. The van der Waals surface area contributed by atoms with E-state index in [2.05, 4.69) is 30.1 Å². The van der Waals surface area contributed by atoms with E-state index >= 15 is 0 Å². The van der Waals surface area contributed by atoms with Crippen molar-refractivity contribution in [2.75, 3.05) is 0 Å². The highest BCUT2D eigenvalue weighted by Crippen LogP contribution is 2.44. The van der Waals surface area contributed by atoms with Crippen LogP contribution in [-0.4, -0.2) is 12.2 Å². The second-order valence-electron chi connectivity index (χ2n) is 5.40. The van der Waals surface area contributed by atoms with Crippen LogP contribution in [0.2, 0.25) is 0 Å². The molecule has 2 aliphatic rings. The molecule has 0 radical (unpaired) electrons. The molecule has 1 heterocycles. The average molecular weight is 243 g/mol. The summed E-state index contributed by atoms with van der Waals surface area (Å²) < 4.78 is 5.79. The van der Waals surface area contributed by atoms with Crippen LogP contribution in [0.4, 0.5) is 0 Å². The number of hydrogen-bond acceptors (Lipinski definition) is 3. The summed E-state index contributed by atoms with van der Waals surface area (Å²) in [7, 11) is 0. The molecule has 0 saturated heterocycles. The molecule has 1 aliphatic heterocycles. The van der Waals surface area contributed by atoms with Crippen LogP contribution < -0.4 is 4.74 Å². The lowest BCUT2D eigenvalue weighted by atomic mass is 9.88. The first-order valence-electron chi connectivity index (χ1n) is 6.63. The summed E-state index contributed by atoms with van der Waals surface area (Å²) in [4.78, 5) is 14.8. The van der Waals surface area contributed by atoms with Crippen molar-refractivity contribution < 1.29 is 9.53 Å². The molecular weight excluding hydrogens is 226 g/mol. The zero-order valence-corrected chi connectivity index (χ0v) is 10.6. The molecule has 0 N–H and O–H groups in total. The number of isocyanates is 1. The first-order valence-corrected chi connectivity index (χ1v) is 6.63. The number of fused-ring (bicyclic) bond motifs is 1. The second kappa shape index (κ2) is 4.25. The molecule has 18 heavy (non-hydrogen) atoms. The minimum absolute atomic E-state index is 0.254. The zero-order valence-electron chi connectivity index (χ0n) is 10.6. The highest BCUT2D eigenvalue weighted by Gasteiger charge is 2.36. The Kier molecular flexibility index (Phi) is 2.71. The van der Waals surface area contributed by atoms with Gasteiger partial charge in [-0.05, 0) is 37.0 Å². The molecule has 3 heteroatoms. The molecule has 3 rings (SSSR count). The Morgan fingerprint density at radius 3 is 2.89 bits per heavy atom. The zero-order chi connectivity index (χ0) is 12.6. The summed E-state index contributed by atoms with van der Waals surface area (Å²) in [6.07, 6.45) is 7.12. The van der Waals surface area contributed by atoms with Gasteiger partial charge in [0.05, 0.1) is 5.54 Å². The fourth-order valence-corrected chi connectivity index (χ4v) is 3.20. The van der Waals surface area contributed by atoms with Gasteiger partial charge in [0.1, 0.15) is 11.9 Å². The summed E-state index contributed by atoms with van der Waals surface area (Å²) in [5.41, 5.74) is 2.03. The van der Waals surface area contributed by atoms with Crippen molar-refractivity contribution in [2.45, 2.75) is 50.7 Å². The lowest BCUT2D eigenvalue weighted by molar-refractivity contribution is 0.254. The van der Waals surface area contributed by atoms with E-state index in [1.165, 1.54) is 5.56 Å². The number of carbonyl (C=O) groups excluding carboxylic acids is 1. The number of benzene rings is 1. The lowest BCUT2D eigenvalue weighted by Crippen LogP contribution is -2.18. The molecule has 0 aromatic heterocycles. The molecule has 1 aromatic rings. The van der Waals surface area contributed by atoms with E-state index in [1.807, 2.05) is 0 Å². The highest BCUT2D eigenvalue weighted by molar-refractivity contribution is 5.45. The number of aliphatic imine (C=N–C) groups is 1. The van der Waals surface area contributed by atoms with Crippen LogP contribution in [-0.2, 0) is 16.8 Å². The first-order chi connectivity index (χ1) is 8.73. The monoisotopic (exact) mass is 243 g/mol. The van der Waals surface area contributed by atoms with Crippen LogP contribution in [0, 0.1) is 0 Å². The van der Waals surface area contributed by atoms with E-state index in [-0.39, 0.29) is 11.6 Å². The van der Waals surface area contributed by atoms with Crippen LogP contribution >= 0.6 is 0 Å². The van der Waals surface area contributed by atoms with Crippen molar-refractivity contribution in [3.63, 3.8) is 0 Å². The minimum Gasteiger partial charge on any atom is -0.490 e. The largest absolute Gasteiger partial charge is 0.490 e. The molecule has 0 bridgehead atoms. The Bertz CT molecular complexity index is 511. The van der Waals surface area contributed by atoms with Gasteiger partial charge in [0, 0.05) is 6.42 Å². The molecule has 3 nitrogen and oxygen atoms in total. The average Bonchev–Trinajstić information content (AvgIpc) is 2.94. The Morgan fingerprint density at radius 2 is 2.17 bits per heavy atom. The van der Waals surface area contributed by atoms with E-state index in [0.29, 0.717) is 0 Å². The van der Waals surface area contributed by atoms with Crippen molar-refractivity contribution in [2.24, 2.45) is 4.99 Å². The van der Waals surface area contributed by atoms with Gasteiger partial charge < -0.3 is 4.74 Å². The molecule has 1 atom stereocenters. The molecular formula is C15H17NO2. The second-order valence-corrected chi connectivity index (χ2v) is 5.40. The van der Waals surface area contributed by atoms with Gasteiger partial charge in [-0.15, -0.1) is 0 Å². The Balaban J connectivity index is 2.02. The van der Waals surface area contributed by atoms with Gasteiger partial charge in [-0.3, -0.25) is 0 Å². The summed E-state index contributed by atoms with van der Waals surface area (Å²) >= 11 is 0. The maximum absolute atomic E-state index is 10.7. The molecule has 1 unspecified atom stereocenters. The Hall–Kier alpha value is -1.60. The quantitative estimate of drug-likeness (QED) is 0.591. The SMILES string of the molecule is CC1Cc2ccc(C3(N=C=O)CCCC3)cc2O1. The predicted molar refractivity (Wildman–Crippen MR) is 68.5 cm³/mol. The van der Waals surface area contributed by atoms with E-state index in [0.717, 1.165) is 43.4 Å². The van der Waals surface area contributed by atoms with Crippen LogP contribution in [0.5, 0.6) is 5.75 Å². The molecule has 94 valence electrons. The van der Waals surface area contributed by atoms with Crippen molar-refractivity contribution in [3.05, 3.63) is 29.3 Å². The number of nitrogens with zero attached hydrogens (tertiary/aromatic N) is 1. The van der Waals surface area contributed by atoms with Gasteiger partial charge in [0.15, 0.2) is 0 Å². The number of ether oxygens (including phenoxy) is 1. The smallest absolute Gasteiger partial charge is 0.235 e. The fraction of sp³-hybridized carbons (Fsp3) is 0.533. The van der Waals surface area contributed by atoms with Gasteiger partial charge in [-0.25, -0.2) is 4.79 Å². The highest BCUT2D eigenvalue weighted by atomic mass is 16.5. The molecule has 1 aliphatic carbocycles. The van der Waals surface area contributed by atoms with Crippen molar-refractivity contribution >= 4 is 6.08 Å². The Morgan fingerprint density at radius 1 is 1.39 bits per heavy atom. The molecule has 0 amide bonds. The van der Waals surface area contributed by atoms with Gasteiger partial charge in [-0.2, -0.15) is 4.99 Å². The summed E-state index contributed by atoms with van der Waals surface area (Å²) in [6.45, 7) is 2.08. The lowest BCUT2D eigenvalue weighted by Gasteiger charge is -2.23. The van der Waals surface area contributed by atoms with Gasteiger partial charge >= 0.3 is 0 Å². The van der Waals surface area contributed by atoms with Gasteiger partial charge in [0.25, 0.3) is 0 Å². The summed E-state index contributed by atoms with van der Waals surface area (Å²) in [5.74, 6) is 0.965. The molecule has 1 aromatic carbocycles. The topological polar surface area (TPSA) is 38.7 Å². The first kappa shape index (κ1) is 11.5. The van der Waals surface area contributed by atoms with Crippen molar-refractivity contribution in [3.8, 4) is 5.75 Å². The number of hydrogen-bond donors (Lipinski definition) is 0. The maximum atomic E-state index is 10.7. The van der Waals surface area contributed by atoms with Crippen molar-refractivity contribution in [1.29, 1.82) is 0 Å². The molecule has 1 fully saturated rings. The summed E-state index contributed by atoms with van der Waals surface area (Å²) in [5, 5.41) is 0. The van der Waals surface area contributed by atoms with E-state index in [9.17, 15) is 4.79 Å². The third-order valence-corrected chi connectivity index (χ3v) is 4.13.